The van der Waals surface area contributed by atoms with Gasteiger partial charge in [-0.1, -0.05) is 42.1 Å². The number of H-pyrrole nitrogens is 1. The van der Waals surface area contributed by atoms with Gasteiger partial charge in [-0.15, -0.1) is 10.2 Å². The predicted molar refractivity (Wildman–Crippen MR) is 113 cm³/mol. The molecule has 0 aliphatic carbocycles. The third-order valence-corrected chi connectivity index (χ3v) is 5.05. The van der Waals surface area contributed by atoms with Gasteiger partial charge in [0.05, 0.1) is 18.7 Å². The van der Waals surface area contributed by atoms with E-state index in [-0.39, 0.29) is 41.8 Å². The Balaban J connectivity index is 1.76. The lowest BCUT2D eigenvalue weighted by molar-refractivity contribution is -0.119. The van der Waals surface area contributed by atoms with Gasteiger partial charge in [-0.3, -0.25) is 14.2 Å². The summed E-state index contributed by atoms with van der Waals surface area (Å²) in [4.78, 5) is 39.7. The maximum absolute atomic E-state index is 12.9. The van der Waals surface area contributed by atoms with E-state index < -0.39 is 11.2 Å². The van der Waals surface area contributed by atoms with Gasteiger partial charge in [-0.25, -0.2) is 4.79 Å². The van der Waals surface area contributed by atoms with Crippen molar-refractivity contribution in [2.45, 2.75) is 45.0 Å². The van der Waals surface area contributed by atoms with E-state index in [2.05, 4.69) is 20.5 Å². The highest BCUT2D eigenvalue weighted by Crippen LogP contribution is 2.17. The second-order valence-electron chi connectivity index (χ2n) is 7.06. The van der Waals surface area contributed by atoms with Crippen LogP contribution in [0, 0.1) is 6.92 Å². The zero-order chi connectivity index (χ0) is 21.7. The molecule has 30 heavy (non-hydrogen) atoms. The number of aromatic amines is 1. The first-order valence-electron chi connectivity index (χ1n) is 9.44. The summed E-state index contributed by atoms with van der Waals surface area (Å²) in [6, 6.07) is 9.32. The molecule has 0 fully saturated rings. The van der Waals surface area contributed by atoms with Crippen LogP contribution in [0.5, 0.6) is 0 Å². The molecule has 3 rings (SSSR count). The average molecular weight is 430 g/mol. The van der Waals surface area contributed by atoms with Crippen LogP contribution >= 0.6 is 11.8 Å². The molecule has 0 aliphatic rings. The molecule has 0 aliphatic heterocycles. The Kier molecular flexibility index (Phi) is 6.88. The van der Waals surface area contributed by atoms with Gasteiger partial charge in [-0.05, 0) is 26.3 Å². The Labute approximate surface area is 176 Å². The molecule has 2 aromatic heterocycles. The maximum Gasteiger partial charge on any atom is 0.328 e. The number of rotatable bonds is 8. The van der Waals surface area contributed by atoms with Crippen LogP contribution in [-0.2, 0) is 17.8 Å². The number of carbonyl (C=O) groups is 1. The van der Waals surface area contributed by atoms with Crippen LogP contribution in [0.3, 0.4) is 0 Å². The van der Waals surface area contributed by atoms with Crippen LogP contribution in [0.1, 0.15) is 36.6 Å². The molecule has 3 aromatic rings. The van der Waals surface area contributed by atoms with Crippen molar-refractivity contribution in [1.82, 2.24) is 25.1 Å². The number of nitrogens with zero attached hydrogens (tertiary/aromatic N) is 3. The minimum atomic E-state index is -0.469. The molecule has 10 heteroatoms. The molecular formula is C20H23N5O4S. The van der Waals surface area contributed by atoms with E-state index in [1.807, 2.05) is 44.2 Å². The number of thioether (sulfide) groups is 1. The number of aromatic nitrogens is 4. The number of aryl methyl sites for hydroxylation is 1. The summed E-state index contributed by atoms with van der Waals surface area (Å²) in [5.74, 6) is 0.261. The number of nitrogens with one attached hydrogen (secondary N) is 2. The highest BCUT2D eigenvalue weighted by molar-refractivity contribution is 7.99. The monoisotopic (exact) mass is 429 g/mol. The fourth-order valence-electron chi connectivity index (χ4n) is 2.85. The van der Waals surface area contributed by atoms with E-state index in [0.717, 1.165) is 21.9 Å². The minimum absolute atomic E-state index is 0.0533. The SMILES string of the molecule is Cc1[nH]c(=O)n(Cc2ccccc2)c(=O)c1Cc1nnc(SCC(=O)NC(C)C)o1. The smallest absolute Gasteiger partial charge is 0.328 e. The molecule has 1 amide bonds. The Hall–Kier alpha value is -3.14. The number of amides is 1. The lowest BCUT2D eigenvalue weighted by Gasteiger charge is -2.09. The van der Waals surface area contributed by atoms with Crippen molar-refractivity contribution in [3.8, 4) is 0 Å². The van der Waals surface area contributed by atoms with E-state index in [9.17, 15) is 14.4 Å². The number of benzene rings is 1. The van der Waals surface area contributed by atoms with Crippen molar-refractivity contribution in [3.63, 3.8) is 0 Å². The Bertz CT molecular complexity index is 1130. The van der Waals surface area contributed by atoms with Gasteiger partial charge in [0.2, 0.25) is 11.8 Å². The van der Waals surface area contributed by atoms with Crippen LogP contribution in [0.2, 0.25) is 0 Å². The van der Waals surface area contributed by atoms with Crippen molar-refractivity contribution < 1.29 is 9.21 Å². The third-order valence-electron chi connectivity index (χ3n) is 4.23. The van der Waals surface area contributed by atoms with Gasteiger partial charge in [-0.2, -0.15) is 0 Å². The van der Waals surface area contributed by atoms with Gasteiger partial charge in [0.25, 0.3) is 10.8 Å². The van der Waals surface area contributed by atoms with Crippen molar-refractivity contribution in [2.24, 2.45) is 0 Å². The average Bonchev–Trinajstić information content (AvgIpc) is 3.15. The van der Waals surface area contributed by atoms with Gasteiger partial charge >= 0.3 is 5.69 Å². The van der Waals surface area contributed by atoms with Crippen molar-refractivity contribution in [1.29, 1.82) is 0 Å². The van der Waals surface area contributed by atoms with Gasteiger partial charge < -0.3 is 14.7 Å². The summed E-state index contributed by atoms with van der Waals surface area (Å²) < 4.78 is 6.71. The predicted octanol–water partition coefficient (Wildman–Crippen LogP) is 1.48. The molecule has 0 unspecified atom stereocenters. The molecule has 9 nitrogen and oxygen atoms in total. The quantitative estimate of drug-likeness (QED) is 0.520. The van der Waals surface area contributed by atoms with Crippen LogP contribution in [0.25, 0.3) is 0 Å². The zero-order valence-electron chi connectivity index (χ0n) is 17.0. The molecular weight excluding hydrogens is 406 g/mol. The first-order chi connectivity index (χ1) is 14.3. The number of hydrogen-bond donors (Lipinski definition) is 2. The Morgan fingerprint density at radius 2 is 1.97 bits per heavy atom. The molecule has 158 valence electrons. The largest absolute Gasteiger partial charge is 0.416 e. The van der Waals surface area contributed by atoms with Crippen LogP contribution < -0.4 is 16.6 Å². The van der Waals surface area contributed by atoms with Crippen molar-refractivity contribution >= 4 is 17.7 Å². The standard InChI is InChI=1S/C20H23N5O4S/c1-12(2)21-16(26)11-30-20-24-23-17(29-20)9-15-13(3)22-19(28)25(18(15)27)10-14-7-5-4-6-8-14/h4-8,12H,9-11H2,1-3H3,(H,21,26)(H,22,28). The molecule has 0 radical (unpaired) electrons. The molecule has 0 bridgehead atoms. The van der Waals surface area contributed by atoms with E-state index in [1.165, 1.54) is 0 Å². The van der Waals surface area contributed by atoms with Crippen LogP contribution in [0.4, 0.5) is 0 Å². The van der Waals surface area contributed by atoms with E-state index in [1.54, 1.807) is 6.92 Å². The number of hydrogen-bond acceptors (Lipinski definition) is 7. The summed E-state index contributed by atoms with van der Waals surface area (Å²) >= 11 is 1.12. The lowest BCUT2D eigenvalue weighted by Crippen LogP contribution is -2.38. The van der Waals surface area contributed by atoms with Crippen molar-refractivity contribution in [3.05, 3.63) is 73.9 Å². The second-order valence-corrected chi connectivity index (χ2v) is 7.99. The first kappa shape index (κ1) is 21.6. The fraction of sp³-hybridized carbons (Fsp3) is 0.350. The highest BCUT2D eigenvalue weighted by Gasteiger charge is 2.16. The van der Waals surface area contributed by atoms with E-state index in [4.69, 9.17) is 4.42 Å². The second kappa shape index (κ2) is 9.57. The third kappa shape index (κ3) is 5.47. The molecule has 0 spiro atoms. The Morgan fingerprint density at radius 1 is 1.23 bits per heavy atom. The highest BCUT2D eigenvalue weighted by atomic mass is 32.2. The first-order valence-corrected chi connectivity index (χ1v) is 10.4. The number of carbonyl (C=O) groups excluding carboxylic acids is 1. The topological polar surface area (TPSA) is 123 Å². The van der Waals surface area contributed by atoms with Crippen LogP contribution in [0.15, 0.2) is 49.6 Å². The Morgan fingerprint density at radius 3 is 2.67 bits per heavy atom. The molecule has 1 aromatic carbocycles. The summed E-state index contributed by atoms with van der Waals surface area (Å²) in [5.41, 5.74) is 0.809. The summed E-state index contributed by atoms with van der Waals surface area (Å²) in [6.07, 6.45) is 0.0853. The molecule has 0 saturated heterocycles. The summed E-state index contributed by atoms with van der Waals surface area (Å²) in [7, 11) is 0. The summed E-state index contributed by atoms with van der Waals surface area (Å²) in [5, 5.41) is 10.9. The van der Waals surface area contributed by atoms with E-state index >= 15 is 0 Å². The van der Waals surface area contributed by atoms with E-state index in [0.29, 0.717) is 11.3 Å². The summed E-state index contributed by atoms with van der Waals surface area (Å²) in [6.45, 7) is 5.58. The van der Waals surface area contributed by atoms with Crippen LogP contribution in [-0.4, -0.2) is 37.5 Å². The molecule has 0 atom stereocenters. The van der Waals surface area contributed by atoms with Gasteiger partial charge in [0.15, 0.2) is 0 Å². The lowest BCUT2D eigenvalue weighted by atomic mass is 10.1. The molecule has 0 saturated carbocycles. The van der Waals surface area contributed by atoms with Gasteiger partial charge in [0.1, 0.15) is 0 Å². The fourth-order valence-corrected chi connectivity index (χ4v) is 3.44. The van der Waals surface area contributed by atoms with Gasteiger partial charge in [0, 0.05) is 17.3 Å². The minimum Gasteiger partial charge on any atom is -0.416 e. The molecule has 2 heterocycles. The maximum atomic E-state index is 12.9. The molecule has 2 N–H and O–H groups in total. The zero-order valence-corrected chi connectivity index (χ0v) is 17.8. The van der Waals surface area contributed by atoms with Crippen molar-refractivity contribution in [2.75, 3.05) is 5.75 Å². The normalized spacial score (nSPS) is 11.1.